The van der Waals surface area contributed by atoms with E-state index in [1.807, 2.05) is 18.2 Å². The number of carbonyl (C=O) groups is 1. The largest absolute Gasteiger partial charge is 0.381 e. The van der Waals surface area contributed by atoms with Crippen molar-refractivity contribution in [1.82, 2.24) is 0 Å². The fraction of sp³-hybridized carbons (Fsp3) is 0.278. The van der Waals surface area contributed by atoms with Crippen LogP contribution in [0, 0.1) is 0 Å². The second-order valence-electron chi connectivity index (χ2n) is 5.81. The first-order valence-electron chi connectivity index (χ1n) is 7.64. The van der Waals surface area contributed by atoms with E-state index in [1.165, 1.54) is 17.3 Å². The van der Waals surface area contributed by atoms with Crippen molar-refractivity contribution in [1.29, 1.82) is 0 Å². The van der Waals surface area contributed by atoms with Gasteiger partial charge in [-0.25, -0.2) is 0 Å². The van der Waals surface area contributed by atoms with Gasteiger partial charge >= 0.3 is 0 Å². The molecule has 0 aliphatic heterocycles. The number of nitrogens with two attached hydrogens (primary N) is 1. The highest BCUT2D eigenvalue weighted by Gasteiger charge is 2.30. The molecule has 23 heavy (non-hydrogen) atoms. The number of primary amides is 1. The van der Waals surface area contributed by atoms with Crippen molar-refractivity contribution >= 4 is 39.3 Å². The van der Waals surface area contributed by atoms with Crippen LogP contribution in [0.3, 0.4) is 0 Å². The summed E-state index contributed by atoms with van der Waals surface area (Å²) in [5.41, 5.74) is 7.74. The van der Waals surface area contributed by atoms with Crippen molar-refractivity contribution in [2.75, 3.05) is 11.1 Å². The molecule has 1 amide bonds. The Kier molecular flexibility index (Phi) is 5.28. The fourth-order valence-corrected chi connectivity index (χ4v) is 3.84. The van der Waals surface area contributed by atoms with E-state index in [0.717, 1.165) is 27.9 Å². The van der Waals surface area contributed by atoms with Crippen LogP contribution in [0.5, 0.6) is 0 Å². The topological polar surface area (TPSA) is 55.1 Å². The summed E-state index contributed by atoms with van der Waals surface area (Å²) in [6.45, 7) is 0. The quantitative estimate of drug-likeness (QED) is 0.719. The van der Waals surface area contributed by atoms with E-state index in [4.69, 9.17) is 5.73 Å². The van der Waals surface area contributed by atoms with Crippen LogP contribution >= 0.6 is 27.7 Å². The van der Waals surface area contributed by atoms with Crippen LogP contribution in [0.2, 0.25) is 0 Å². The molecule has 1 fully saturated rings. The lowest BCUT2D eigenvalue weighted by molar-refractivity contribution is -0.115. The number of hydrogen-bond donors (Lipinski definition) is 2. The molecule has 3 nitrogen and oxygen atoms in total. The lowest BCUT2D eigenvalue weighted by atomic mass is 9.76. The first kappa shape index (κ1) is 16.4. The van der Waals surface area contributed by atoms with Gasteiger partial charge in [-0.2, -0.15) is 0 Å². The van der Waals surface area contributed by atoms with Crippen molar-refractivity contribution in [3.63, 3.8) is 0 Å². The number of halogens is 1. The monoisotopic (exact) mass is 390 g/mol. The minimum Gasteiger partial charge on any atom is -0.381 e. The number of rotatable bonds is 6. The van der Waals surface area contributed by atoms with Crippen LogP contribution in [-0.4, -0.2) is 17.7 Å². The number of thioether (sulfide) groups is 1. The maximum atomic E-state index is 11.0. The smallest absolute Gasteiger partial charge is 0.227 e. The molecule has 0 bridgehead atoms. The molecule has 2 aromatic rings. The summed E-state index contributed by atoms with van der Waals surface area (Å²) in [6, 6.07) is 17.2. The first-order valence-corrected chi connectivity index (χ1v) is 9.42. The predicted molar refractivity (Wildman–Crippen MR) is 99.9 cm³/mol. The van der Waals surface area contributed by atoms with Gasteiger partial charge in [-0.05, 0) is 48.6 Å². The zero-order valence-corrected chi connectivity index (χ0v) is 15.1. The summed E-state index contributed by atoms with van der Waals surface area (Å²) in [5, 5.41) is 3.60. The van der Waals surface area contributed by atoms with Gasteiger partial charge in [-0.1, -0.05) is 40.2 Å². The maximum absolute atomic E-state index is 11.0. The summed E-state index contributed by atoms with van der Waals surface area (Å²) >= 11 is 4.96. The Balaban J connectivity index is 1.57. The van der Waals surface area contributed by atoms with Crippen LogP contribution in [0.15, 0.2) is 57.9 Å². The van der Waals surface area contributed by atoms with Crippen LogP contribution < -0.4 is 11.1 Å². The minimum absolute atomic E-state index is 0.288. The summed E-state index contributed by atoms with van der Waals surface area (Å²) in [5.74, 6) is 0.653. The highest BCUT2D eigenvalue weighted by atomic mass is 79.9. The van der Waals surface area contributed by atoms with Crippen LogP contribution in [-0.2, 0) is 4.79 Å². The molecule has 0 saturated heterocycles. The fourth-order valence-electron chi connectivity index (χ4n) is 2.82. The molecule has 120 valence electrons. The molecule has 0 atom stereocenters. The van der Waals surface area contributed by atoms with Crippen molar-refractivity contribution in [3.8, 4) is 0 Å². The highest BCUT2D eigenvalue weighted by molar-refractivity contribution is 9.10. The van der Waals surface area contributed by atoms with E-state index >= 15 is 0 Å². The Labute approximate surface area is 149 Å². The molecule has 0 aromatic heterocycles. The van der Waals surface area contributed by atoms with E-state index < -0.39 is 0 Å². The number of carbonyl (C=O) groups excluding carboxylic acids is 1. The zero-order chi connectivity index (χ0) is 16.2. The van der Waals surface area contributed by atoms with Gasteiger partial charge in [-0.3, -0.25) is 4.79 Å². The van der Waals surface area contributed by atoms with Crippen molar-refractivity contribution < 1.29 is 4.79 Å². The zero-order valence-electron chi connectivity index (χ0n) is 12.7. The van der Waals surface area contributed by atoms with Crippen LogP contribution in [0.1, 0.15) is 24.3 Å². The Hall–Kier alpha value is -1.46. The molecule has 5 heteroatoms. The minimum atomic E-state index is -0.288. The van der Waals surface area contributed by atoms with Crippen molar-refractivity contribution in [2.45, 2.75) is 29.7 Å². The third kappa shape index (κ3) is 4.30. The van der Waals surface area contributed by atoms with E-state index in [1.54, 1.807) is 0 Å². The van der Waals surface area contributed by atoms with Gasteiger partial charge in [-0.15, -0.1) is 11.8 Å². The third-order valence-electron chi connectivity index (χ3n) is 4.10. The van der Waals surface area contributed by atoms with Gasteiger partial charge in [0.25, 0.3) is 0 Å². The van der Waals surface area contributed by atoms with E-state index in [-0.39, 0.29) is 5.91 Å². The molecule has 1 aliphatic rings. The summed E-state index contributed by atoms with van der Waals surface area (Å²) in [4.78, 5) is 12.1. The summed E-state index contributed by atoms with van der Waals surface area (Å²) in [6.07, 6.45) is 2.27. The van der Waals surface area contributed by atoms with Crippen molar-refractivity contribution in [2.24, 2.45) is 5.73 Å². The standard InChI is InChI=1S/C18H19BrN2OS/c19-14-7-5-12(6-8-14)13-9-15(10-13)21-16-3-1-2-4-17(16)23-11-18(20)22/h1-8,13,15,21H,9-11H2,(H2,20,22). The van der Waals surface area contributed by atoms with Gasteiger partial charge in [0.2, 0.25) is 5.91 Å². The second kappa shape index (κ2) is 7.41. The van der Waals surface area contributed by atoms with Crippen LogP contribution in [0.4, 0.5) is 5.69 Å². The molecule has 0 unspecified atom stereocenters. The Bertz CT molecular complexity index is 684. The molecule has 1 aliphatic carbocycles. The summed E-state index contributed by atoms with van der Waals surface area (Å²) in [7, 11) is 0. The van der Waals surface area contributed by atoms with Gasteiger partial charge < -0.3 is 11.1 Å². The molecule has 3 rings (SSSR count). The molecule has 3 N–H and O–H groups in total. The Morgan fingerprint density at radius 3 is 2.57 bits per heavy atom. The number of anilines is 1. The molecule has 2 aromatic carbocycles. The molecular formula is C18H19BrN2OS. The molecule has 0 spiro atoms. The van der Waals surface area contributed by atoms with E-state index in [0.29, 0.717) is 17.7 Å². The Morgan fingerprint density at radius 1 is 1.17 bits per heavy atom. The number of benzene rings is 2. The maximum Gasteiger partial charge on any atom is 0.227 e. The van der Waals surface area contributed by atoms with Gasteiger partial charge in [0, 0.05) is 21.1 Å². The molecule has 0 radical (unpaired) electrons. The van der Waals surface area contributed by atoms with Gasteiger partial charge in [0.15, 0.2) is 0 Å². The summed E-state index contributed by atoms with van der Waals surface area (Å²) < 4.78 is 1.12. The van der Waals surface area contributed by atoms with E-state index in [2.05, 4.69) is 51.6 Å². The number of amides is 1. The highest BCUT2D eigenvalue weighted by Crippen LogP contribution is 2.40. The van der Waals surface area contributed by atoms with E-state index in [9.17, 15) is 4.79 Å². The average molecular weight is 391 g/mol. The second-order valence-corrected chi connectivity index (χ2v) is 7.75. The average Bonchev–Trinajstić information content (AvgIpc) is 2.50. The first-order chi connectivity index (χ1) is 11.1. The normalized spacial score (nSPS) is 19.9. The van der Waals surface area contributed by atoms with Crippen LogP contribution in [0.25, 0.3) is 0 Å². The SMILES string of the molecule is NC(=O)CSc1ccccc1NC1CC(c2ccc(Br)cc2)C1. The molecular weight excluding hydrogens is 372 g/mol. The van der Waals surface area contributed by atoms with Gasteiger partial charge in [0.05, 0.1) is 5.75 Å². The van der Waals surface area contributed by atoms with Crippen molar-refractivity contribution in [3.05, 3.63) is 58.6 Å². The lowest BCUT2D eigenvalue weighted by Gasteiger charge is -2.37. The Morgan fingerprint density at radius 2 is 1.87 bits per heavy atom. The van der Waals surface area contributed by atoms with Gasteiger partial charge in [0.1, 0.15) is 0 Å². The third-order valence-corrected chi connectivity index (χ3v) is 5.72. The molecule has 0 heterocycles. The molecule has 1 saturated carbocycles. The predicted octanol–water partition coefficient (Wildman–Crippen LogP) is 4.38. The lowest BCUT2D eigenvalue weighted by Crippen LogP contribution is -2.34. The number of hydrogen-bond acceptors (Lipinski definition) is 3. The number of para-hydroxylation sites is 1. The number of nitrogens with one attached hydrogen (secondary N) is 1.